The molecule has 0 bridgehead atoms. The standard InChI is InChI=1S/C18H17FN2O2/c19-16-8-6-15(7-9-16)17(22)12-21-18(23)10-5-13-1-3-14(11-20)4-2-13/h1-4,6-9,17,22H,5,10,12H2,(H,21,23). The maximum Gasteiger partial charge on any atom is 0.220 e. The monoisotopic (exact) mass is 312 g/mol. The summed E-state index contributed by atoms with van der Waals surface area (Å²) >= 11 is 0. The fraction of sp³-hybridized carbons (Fsp3) is 0.222. The molecular weight excluding hydrogens is 295 g/mol. The number of amides is 1. The van der Waals surface area contributed by atoms with Crippen LogP contribution in [-0.4, -0.2) is 17.6 Å². The summed E-state index contributed by atoms with van der Waals surface area (Å²) in [5.74, 6) is -0.539. The molecule has 0 saturated carbocycles. The van der Waals surface area contributed by atoms with E-state index in [4.69, 9.17) is 5.26 Å². The Bertz CT molecular complexity index is 690. The van der Waals surface area contributed by atoms with E-state index in [1.54, 1.807) is 12.1 Å². The number of aryl methyl sites for hydroxylation is 1. The van der Waals surface area contributed by atoms with Crippen LogP contribution in [0.4, 0.5) is 4.39 Å². The first-order valence-electron chi connectivity index (χ1n) is 7.28. The Morgan fingerprint density at radius 3 is 2.43 bits per heavy atom. The topological polar surface area (TPSA) is 73.1 Å². The number of aliphatic hydroxyl groups excluding tert-OH is 1. The van der Waals surface area contributed by atoms with Gasteiger partial charge in [0.25, 0.3) is 0 Å². The van der Waals surface area contributed by atoms with Crippen LogP contribution in [-0.2, 0) is 11.2 Å². The minimum atomic E-state index is -0.866. The second-order valence-corrected chi connectivity index (χ2v) is 5.18. The van der Waals surface area contributed by atoms with E-state index in [0.717, 1.165) is 5.56 Å². The number of nitrogens with one attached hydrogen (secondary N) is 1. The Labute approximate surface area is 134 Å². The highest BCUT2D eigenvalue weighted by molar-refractivity contribution is 5.76. The van der Waals surface area contributed by atoms with Gasteiger partial charge in [-0.25, -0.2) is 4.39 Å². The molecule has 2 rings (SSSR count). The summed E-state index contributed by atoms with van der Waals surface area (Å²) < 4.78 is 12.8. The fourth-order valence-corrected chi connectivity index (χ4v) is 2.11. The van der Waals surface area contributed by atoms with Crippen molar-refractivity contribution < 1.29 is 14.3 Å². The number of aliphatic hydroxyl groups is 1. The molecule has 1 unspecified atom stereocenters. The molecule has 4 nitrogen and oxygen atoms in total. The number of nitriles is 1. The van der Waals surface area contributed by atoms with Crippen LogP contribution in [0.5, 0.6) is 0 Å². The summed E-state index contributed by atoms with van der Waals surface area (Å²) in [7, 11) is 0. The molecule has 1 amide bonds. The van der Waals surface area contributed by atoms with Crippen LogP contribution in [0.1, 0.15) is 29.2 Å². The molecule has 5 heteroatoms. The Kier molecular flexibility index (Phi) is 5.84. The highest BCUT2D eigenvalue weighted by Gasteiger charge is 2.09. The van der Waals surface area contributed by atoms with Crippen LogP contribution < -0.4 is 5.32 Å². The number of rotatable bonds is 6. The van der Waals surface area contributed by atoms with Crippen molar-refractivity contribution in [3.05, 3.63) is 71.0 Å². The number of hydrogen-bond donors (Lipinski definition) is 2. The smallest absolute Gasteiger partial charge is 0.220 e. The zero-order valence-electron chi connectivity index (χ0n) is 12.5. The van der Waals surface area contributed by atoms with E-state index < -0.39 is 6.10 Å². The molecule has 0 fully saturated rings. The van der Waals surface area contributed by atoms with Crippen LogP contribution in [0, 0.1) is 17.1 Å². The molecule has 118 valence electrons. The van der Waals surface area contributed by atoms with Gasteiger partial charge in [0, 0.05) is 13.0 Å². The van der Waals surface area contributed by atoms with Gasteiger partial charge in [0.2, 0.25) is 5.91 Å². The first kappa shape index (κ1) is 16.7. The Balaban J connectivity index is 1.76. The third-order valence-corrected chi connectivity index (χ3v) is 3.47. The lowest BCUT2D eigenvalue weighted by Gasteiger charge is -2.12. The van der Waals surface area contributed by atoms with Gasteiger partial charge in [-0.05, 0) is 41.8 Å². The number of halogens is 1. The van der Waals surface area contributed by atoms with Gasteiger partial charge in [0.15, 0.2) is 0 Å². The number of hydrogen-bond acceptors (Lipinski definition) is 3. The normalized spacial score (nSPS) is 11.5. The molecule has 2 aromatic carbocycles. The molecule has 0 aliphatic heterocycles. The van der Waals surface area contributed by atoms with Gasteiger partial charge < -0.3 is 10.4 Å². The molecule has 0 spiro atoms. The summed E-state index contributed by atoms with van der Waals surface area (Å²) in [5.41, 5.74) is 2.11. The highest BCUT2D eigenvalue weighted by Crippen LogP contribution is 2.12. The van der Waals surface area contributed by atoms with Gasteiger partial charge >= 0.3 is 0 Å². The maximum atomic E-state index is 12.8. The zero-order chi connectivity index (χ0) is 16.7. The first-order valence-corrected chi connectivity index (χ1v) is 7.28. The average molecular weight is 312 g/mol. The van der Waals surface area contributed by atoms with E-state index in [1.165, 1.54) is 24.3 Å². The highest BCUT2D eigenvalue weighted by atomic mass is 19.1. The molecule has 0 aromatic heterocycles. The Hall–Kier alpha value is -2.71. The summed E-state index contributed by atoms with van der Waals surface area (Å²) in [5, 5.41) is 21.3. The largest absolute Gasteiger partial charge is 0.387 e. The summed E-state index contributed by atoms with van der Waals surface area (Å²) in [6.07, 6.45) is -0.0128. The molecule has 2 N–H and O–H groups in total. The number of carbonyl (C=O) groups is 1. The lowest BCUT2D eigenvalue weighted by Crippen LogP contribution is -2.28. The predicted octanol–water partition coefficient (Wildman–Crippen LogP) is 2.48. The SMILES string of the molecule is N#Cc1ccc(CCC(=O)NCC(O)c2ccc(F)cc2)cc1. The predicted molar refractivity (Wildman–Crippen MR) is 83.8 cm³/mol. The minimum Gasteiger partial charge on any atom is -0.387 e. The van der Waals surface area contributed by atoms with Gasteiger partial charge in [0.05, 0.1) is 17.7 Å². The molecule has 0 saturated heterocycles. The Morgan fingerprint density at radius 2 is 1.83 bits per heavy atom. The lowest BCUT2D eigenvalue weighted by atomic mass is 10.1. The van der Waals surface area contributed by atoms with Gasteiger partial charge in [-0.15, -0.1) is 0 Å². The summed E-state index contributed by atoms with van der Waals surface area (Å²) in [4.78, 5) is 11.8. The molecular formula is C18H17FN2O2. The number of nitrogens with zero attached hydrogens (tertiary/aromatic N) is 1. The van der Waals surface area contributed by atoms with Crippen molar-refractivity contribution in [1.29, 1.82) is 5.26 Å². The zero-order valence-corrected chi connectivity index (χ0v) is 12.5. The van der Waals surface area contributed by atoms with Crippen LogP contribution in [0.3, 0.4) is 0 Å². The van der Waals surface area contributed by atoms with Crippen molar-refractivity contribution in [2.45, 2.75) is 18.9 Å². The Morgan fingerprint density at radius 1 is 1.17 bits per heavy atom. The molecule has 0 radical (unpaired) electrons. The van der Waals surface area contributed by atoms with Crippen LogP contribution in [0.25, 0.3) is 0 Å². The van der Waals surface area contributed by atoms with Crippen molar-refractivity contribution in [2.24, 2.45) is 0 Å². The third kappa shape index (κ3) is 5.20. The van der Waals surface area contributed by atoms with Gasteiger partial charge in [-0.1, -0.05) is 24.3 Å². The molecule has 0 aliphatic rings. The fourth-order valence-electron chi connectivity index (χ4n) is 2.11. The van der Waals surface area contributed by atoms with Crippen LogP contribution >= 0.6 is 0 Å². The second kappa shape index (κ2) is 8.06. The van der Waals surface area contributed by atoms with E-state index >= 15 is 0 Å². The number of carbonyl (C=O) groups excluding carboxylic acids is 1. The minimum absolute atomic E-state index is 0.0812. The van der Waals surface area contributed by atoms with E-state index in [0.29, 0.717) is 24.0 Å². The molecule has 23 heavy (non-hydrogen) atoms. The lowest BCUT2D eigenvalue weighted by molar-refractivity contribution is -0.121. The molecule has 1 atom stereocenters. The van der Waals surface area contributed by atoms with E-state index in [9.17, 15) is 14.3 Å². The van der Waals surface area contributed by atoms with E-state index in [2.05, 4.69) is 5.32 Å². The van der Waals surface area contributed by atoms with Crippen molar-refractivity contribution in [3.8, 4) is 6.07 Å². The molecule has 2 aromatic rings. The second-order valence-electron chi connectivity index (χ2n) is 5.18. The van der Waals surface area contributed by atoms with E-state index in [1.807, 2.05) is 18.2 Å². The van der Waals surface area contributed by atoms with E-state index in [-0.39, 0.29) is 18.3 Å². The first-order chi connectivity index (χ1) is 11.1. The third-order valence-electron chi connectivity index (χ3n) is 3.47. The maximum absolute atomic E-state index is 12.8. The van der Waals surface area contributed by atoms with Crippen molar-refractivity contribution in [2.75, 3.05) is 6.54 Å². The molecule has 0 aliphatic carbocycles. The summed E-state index contributed by atoms with van der Waals surface area (Å²) in [6.45, 7) is 0.0812. The quantitative estimate of drug-likeness (QED) is 0.860. The van der Waals surface area contributed by atoms with Crippen LogP contribution in [0.15, 0.2) is 48.5 Å². The summed E-state index contributed by atoms with van der Waals surface area (Å²) in [6, 6.07) is 14.6. The number of benzene rings is 2. The van der Waals surface area contributed by atoms with Gasteiger partial charge in [-0.3, -0.25) is 4.79 Å². The van der Waals surface area contributed by atoms with Crippen molar-refractivity contribution in [3.63, 3.8) is 0 Å². The van der Waals surface area contributed by atoms with Crippen molar-refractivity contribution in [1.82, 2.24) is 5.32 Å². The molecule has 0 heterocycles. The van der Waals surface area contributed by atoms with Gasteiger partial charge in [-0.2, -0.15) is 5.26 Å². The van der Waals surface area contributed by atoms with Gasteiger partial charge in [0.1, 0.15) is 5.82 Å². The van der Waals surface area contributed by atoms with Crippen molar-refractivity contribution >= 4 is 5.91 Å². The average Bonchev–Trinajstić information content (AvgIpc) is 2.59. The van der Waals surface area contributed by atoms with Crippen LogP contribution in [0.2, 0.25) is 0 Å².